The van der Waals surface area contributed by atoms with Crippen LogP contribution in [0.4, 0.5) is 17.1 Å². The van der Waals surface area contributed by atoms with E-state index in [-0.39, 0.29) is 0 Å². The van der Waals surface area contributed by atoms with E-state index < -0.39 is 5.41 Å². The van der Waals surface area contributed by atoms with E-state index in [0.717, 1.165) is 50.1 Å². The Labute approximate surface area is 390 Å². The Hall–Kier alpha value is -8.72. The molecule has 1 aliphatic carbocycles. The van der Waals surface area contributed by atoms with Gasteiger partial charge in [-0.2, -0.15) is 0 Å². The molecule has 314 valence electrons. The number of fused-ring (bicyclic) bond motifs is 7. The first-order chi connectivity index (χ1) is 33.2. The van der Waals surface area contributed by atoms with Gasteiger partial charge in [0.05, 0.1) is 5.41 Å². The summed E-state index contributed by atoms with van der Waals surface area (Å²) in [6, 6.07) is 95.1. The highest BCUT2D eigenvalue weighted by Crippen LogP contribution is 2.57. The lowest BCUT2D eigenvalue weighted by Gasteiger charge is -2.35. The Kier molecular flexibility index (Phi) is 9.11. The lowest BCUT2D eigenvalue weighted by molar-refractivity contribution is 0.669. The van der Waals surface area contributed by atoms with E-state index in [4.69, 9.17) is 4.42 Å². The molecule has 0 saturated heterocycles. The van der Waals surface area contributed by atoms with Crippen LogP contribution in [0.25, 0.3) is 77.2 Å². The highest BCUT2D eigenvalue weighted by molar-refractivity contribution is 6.09. The van der Waals surface area contributed by atoms with E-state index in [0.29, 0.717) is 0 Å². The molecule has 12 aromatic rings. The number of hydrogen-bond acceptors (Lipinski definition) is 2. The van der Waals surface area contributed by atoms with Crippen LogP contribution >= 0.6 is 0 Å². The molecule has 1 heterocycles. The van der Waals surface area contributed by atoms with Crippen molar-refractivity contribution in [3.63, 3.8) is 0 Å². The minimum absolute atomic E-state index is 0.519. The summed E-state index contributed by atoms with van der Waals surface area (Å²) in [6.45, 7) is 0. The summed E-state index contributed by atoms with van der Waals surface area (Å²) in [5.41, 5.74) is 19.1. The average Bonchev–Trinajstić information content (AvgIpc) is 3.93. The average molecular weight is 854 g/mol. The number of anilines is 3. The molecule has 0 atom stereocenters. The predicted octanol–water partition coefficient (Wildman–Crippen LogP) is 17.6. The van der Waals surface area contributed by atoms with Gasteiger partial charge in [0.15, 0.2) is 0 Å². The van der Waals surface area contributed by atoms with Gasteiger partial charge in [0, 0.05) is 27.8 Å². The van der Waals surface area contributed by atoms with Gasteiger partial charge in [0.25, 0.3) is 0 Å². The Balaban J connectivity index is 0.984. The molecule has 0 saturated carbocycles. The van der Waals surface area contributed by atoms with E-state index in [9.17, 15) is 0 Å². The summed E-state index contributed by atoms with van der Waals surface area (Å²) in [4.78, 5) is 2.42. The maximum Gasteiger partial charge on any atom is 0.136 e. The van der Waals surface area contributed by atoms with Crippen molar-refractivity contribution in [3.05, 3.63) is 283 Å². The molecule has 0 N–H and O–H groups in total. The van der Waals surface area contributed by atoms with E-state index in [1.165, 1.54) is 66.4 Å². The van der Waals surface area contributed by atoms with Gasteiger partial charge in [-0.15, -0.1) is 0 Å². The zero-order valence-electron chi connectivity index (χ0n) is 36.7. The Bertz CT molecular complexity index is 3740. The van der Waals surface area contributed by atoms with Crippen molar-refractivity contribution in [1.82, 2.24) is 0 Å². The summed E-state index contributed by atoms with van der Waals surface area (Å²) >= 11 is 0. The SMILES string of the molecule is c1ccc(-c2ccc(N(c3ccc(-c4ccc5ccccc5c4-c4ccc5c(c4)oc4ccccc45)cc3)c3ccc4c(c3)C(c3ccccc3)(c3ccccc3)c3ccccc3-4)cc2)cc1. The van der Waals surface area contributed by atoms with Gasteiger partial charge in [-0.1, -0.05) is 206 Å². The summed E-state index contributed by atoms with van der Waals surface area (Å²) in [7, 11) is 0. The predicted molar refractivity (Wildman–Crippen MR) is 280 cm³/mol. The van der Waals surface area contributed by atoms with Crippen molar-refractivity contribution < 1.29 is 4.42 Å². The molecule has 0 fully saturated rings. The lowest BCUT2D eigenvalue weighted by Crippen LogP contribution is -2.28. The monoisotopic (exact) mass is 853 g/mol. The molecule has 0 spiro atoms. The molecule has 2 heteroatoms. The number of para-hydroxylation sites is 1. The number of nitrogens with zero attached hydrogens (tertiary/aromatic N) is 1. The van der Waals surface area contributed by atoms with Gasteiger partial charge >= 0.3 is 0 Å². The molecule has 0 aliphatic heterocycles. The van der Waals surface area contributed by atoms with E-state index >= 15 is 0 Å². The molecule has 0 unspecified atom stereocenters. The highest BCUT2D eigenvalue weighted by atomic mass is 16.3. The third-order valence-electron chi connectivity index (χ3n) is 14.0. The maximum absolute atomic E-state index is 6.43. The van der Waals surface area contributed by atoms with Crippen LogP contribution in [0.5, 0.6) is 0 Å². The van der Waals surface area contributed by atoms with E-state index in [2.05, 4.69) is 254 Å². The van der Waals surface area contributed by atoms with Crippen molar-refractivity contribution >= 4 is 49.8 Å². The number of rotatable bonds is 8. The summed E-state index contributed by atoms with van der Waals surface area (Å²) in [5, 5.41) is 4.67. The highest BCUT2D eigenvalue weighted by Gasteiger charge is 2.46. The third kappa shape index (κ3) is 6.26. The van der Waals surface area contributed by atoms with Crippen molar-refractivity contribution in [1.29, 1.82) is 0 Å². The zero-order valence-corrected chi connectivity index (χ0v) is 36.7. The molecule has 1 aromatic heterocycles. The van der Waals surface area contributed by atoms with Gasteiger partial charge < -0.3 is 9.32 Å². The van der Waals surface area contributed by atoms with Crippen molar-refractivity contribution in [2.24, 2.45) is 0 Å². The molecular formula is C65H43NO. The fraction of sp³-hybridized carbons (Fsp3) is 0.0154. The Morgan fingerprint density at radius 3 is 1.55 bits per heavy atom. The Morgan fingerprint density at radius 1 is 0.299 bits per heavy atom. The first-order valence-corrected chi connectivity index (χ1v) is 23.1. The van der Waals surface area contributed by atoms with Gasteiger partial charge in [-0.3, -0.25) is 0 Å². The van der Waals surface area contributed by atoms with Gasteiger partial charge in [-0.05, 0) is 132 Å². The fourth-order valence-electron chi connectivity index (χ4n) is 10.9. The molecule has 11 aromatic carbocycles. The van der Waals surface area contributed by atoms with Crippen LogP contribution in [0.15, 0.2) is 265 Å². The van der Waals surface area contributed by atoms with Crippen molar-refractivity contribution in [2.75, 3.05) is 4.90 Å². The third-order valence-corrected chi connectivity index (χ3v) is 14.0. The zero-order chi connectivity index (χ0) is 44.3. The van der Waals surface area contributed by atoms with Crippen molar-refractivity contribution in [3.8, 4) is 44.5 Å². The van der Waals surface area contributed by atoms with Crippen LogP contribution in [-0.2, 0) is 5.41 Å². The minimum Gasteiger partial charge on any atom is -0.456 e. The second kappa shape index (κ2) is 15.8. The summed E-state index contributed by atoms with van der Waals surface area (Å²) in [6.07, 6.45) is 0. The molecule has 13 rings (SSSR count). The second-order valence-corrected chi connectivity index (χ2v) is 17.6. The first kappa shape index (κ1) is 38.7. The quantitative estimate of drug-likeness (QED) is 0.151. The van der Waals surface area contributed by atoms with Crippen LogP contribution in [0, 0.1) is 0 Å². The van der Waals surface area contributed by atoms with Crippen LogP contribution < -0.4 is 4.90 Å². The number of benzene rings is 11. The molecule has 0 radical (unpaired) electrons. The summed E-state index contributed by atoms with van der Waals surface area (Å²) < 4.78 is 6.43. The van der Waals surface area contributed by atoms with Crippen LogP contribution in [0.2, 0.25) is 0 Å². The Morgan fingerprint density at radius 2 is 0.821 bits per heavy atom. The largest absolute Gasteiger partial charge is 0.456 e. The fourth-order valence-corrected chi connectivity index (χ4v) is 10.9. The maximum atomic E-state index is 6.43. The van der Waals surface area contributed by atoms with Crippen LogP contribution in [-0.4, -0.2) is 0 Å². The molecule has 2 nitrogen and oxygen atoms in total. The smallest absolute Gasteiger partial charge is 0.136 e. The van der Waals surface area contributed by atoms with Gasteiger partial charge in [0.1, 0.15) is 11.2 Å². The number of furan rings is 1. The van der Waals surface area contributed by atoms with E-state index in [1.54, 1.807) is 0 Å². The lowest BCUT2D eigenvalue weighted by atomic mass is 9.67. The molecule has 0 bridgehead atoms. The first-order valence-electron chi connectivity index (χ1n) is 23.1. The molecular weight excluding hydrogens is 811 g/mol. The minimum atomic E-state index is -0.519. The molecule has 1 aliphatic rings. The second-order valence-electron chi connectivity index (χ2n) is 17.6. The molecule has 67 heavy (non-hydrogen) atoms. The van der Waals surface area contributed by atoms with Gasteiger partial charge in [0.2, 0.25) is 0 Å². The van der Waals surface area contributed by atoms with Crippen LogP contribution in [0.1, 0.15) is 22.3 Å². The summed E-state index contributed by atoms with van der Waals surface area (Å²) in [5.74, 6) is 0. The normalized spacial score (nSPS) is 12.6. The van der Waals surface area contributed by atoms with Gasteiger partial charge in [-0.25, -0.2) is 0 Å². The molecule has 0 amide bonds. The van der Waals surface area contributed by atoms with E-state index in [1.807, 2.05) is 12.1 Å². The number of hydrogen-bond donors (Lipinski definition) is 0. The topological polar surface area (TPSA) is 16.4 Å². The van der Waals surface area contributed by atoms with Crippen molar-refractivity contribution in [2.45, 2.75) is 5.41 Å². The van der Waals surface area contributed by atoms with Crippen LogP contribution in [0.3, 0.4) is 0 Å². The standard InChI is InChI=1S/C65H43NO/c1-4-16-44(17-5-1)45-28-34-51(35-29-45)66(53-38-41-57-56-24-12-14-26-60(56)65(61(57)43-53,49-19-6-2-7-20-49)50-21-8-3-9-22-50)52-36-30-47(31-37-52)55-39-32-46-18-10-11-23-54(46)64(55)48-33-40-59-58-25-13-15-27-62(58)67-63(59)42-48/h1-43H.